The van der Waals surface area contributed by atoms with Gasteiger partial charge in [0.15, 0.2) is 11.6 Å². The van der Waals surface area contributed by atoms with Gasteiger partial charge in [-0.1, -0.05) is 66.8 Å². The second-order valence-corrected chi connectivity index (χ2v) is 12.7. The van der Waals surface area contributed by atoms with E-state index < -0.39 is 32.2 Å². The number of aryl methyl sites for hydroxylation is 1. The summed E-state index contributed by atoms with van der Waals surface area (Å²) >= 11 is 25.5. The van der Waals surface area contributed by atoms with E-state index >= 15 is 4.39 Å². The van der Waals surface area contributed by atoms with E-state index in [1.165, 1.54) is 16.7 Å². The maximum Gasteiger partial charge on any atom is 0.276 e. The van der Waals surface area contributed by atoms with E-state index in [9.17, 15) is 20.0 Å². The number of aromatic hydroxyl groups is 1. The molecular formula is C32H27Cl4FN6O3. The number of phenolic OH excluding ortho intramolecular Hbond substituents is 1. The minimum atomic E-state index is -1.14. The molecule has 1 atom stereocenters. The molecule has 238 valence electrons. The van der Waals surface area contributed by atoms with Gasteiger partial charge in [-0.05, 0) is 43.5 Å². The van der Waals surface area contributed by atoms with Crippen molar-refractivity contribution in [3.05, 3.63) is 84.1 Å². The van der Waals surface area contributed by atoms with E-state index in [1.54, 1.807) is 24.1 Å². The lowest BCUT2D eigenvalue weighted by Crippen LogP contribution is -2.54. The van der Waals surface area contributed by atoms with E-state index in [4.69, 9.17) is 51.4 Å². The standard InChI is InChI=1S/C32H27Cl4FN6O3/c1-6-20(44)42-10-9-41(13-16(42)5)29-17-11-19(33)27(21-22(34)25(37)24(36)30(45)23(21)35)40-31(17)43(32(46)18(29)12-38)28-15(4)7-8-39-26(28)14(2)3/h6-8,11,14,16,45H,1,9-10,13H2,2-5H3/t16-/m1/s1. The zero-order valence-corrected chi connectivity index (χ0v) is 28.2. The molecule has 14 heteroatoms. The molecule has 1 saturated heterocycles. The van der Waals surface area contributed by atoms with Gasteiger partial charge in [0.1, 0.15) is 22.3 Å². The molecule has 0 aliphatic carbocycles. The molecule has 1 aromatic carbocycles. The van der Waals surface area contributed by atoms with Gasteiger partial charge in [0.05, 0.1) is 37.8 Å². The molecule has 3 aromatic heterocycles. The number of aromatic nitrogens is 3. The zero-order chi connectivity index (χ0) is 33.8. The van der Waals surface area contributed by atoms with E-state index in [0.717, 1.165) is 0 Å². The number of nitrogens with zero attached hydrogens (tertiary/aromatic N) is 6. The minimum absolute atomic E-state index is 0.0515. The fourth-order valence-corrected chi connectivity index (χ4v) is 6.94. The fourth-order valence-electron chi connectivity index (χ4n) is 5.80. The van der Waals surface area contributed by atoms with Crippen molar-refractivity contribution in [3.8, 4) is 28.8 Å². The summed E-state index contributed by atoms with van der Waals surface area (Å²) in [6.07, 6.45) is 2.87. The monoisotopic (exact) mass is 702 g/mol. The van der Waals surface area contributed by atoms with Crippen LogP contribution in [0.4, 0.5) is 10.1 Å². The van der Waals surface area contributed by atoms with Crippen molar-refractivity contribution in [2.24, 2.45) is 0 Å². The van der Waals surface area contributed by atoms with Crippen molar-refractivity contribution in [1.82, 2.24) is 19.4 Å². The number of hydrogen-bond acceptors (Lipinski definition) is 7. The summed E-state index contributed by atoms with van der Waals surface area (Å²) in [6, 6.07) is 5.02. The number of rotatable bonds is 5. The Labute approximate surface area is 284 Å². The van der Waals surface area contributed by atoms with Gasteiger partial charge in [-0.2, -0.15) is 5.26 Å². The van der Waals surface area contributed by atoms with Crippen molar-refractivity contribution in [2.75, 3.05) is 24.5 Å². The van der Waals surface area contributed by atoms with Crippen molar-refractivity contribution in [3.63, 3.8) is 0 Å². The first-order valence-corrected chi connectivity index (χ1v) is 15.6. The van der Waals surface area contributed by atoms with Crippen LogP contribution in [0.1, 0.15) is 43.5 Å². The third kappa shape index (κ3) is 5.35. The fraction of sp³-hybridized carbons (Fsp3) is 0.281. The molecule has 1 amide bonds. The average Bonchev–Trinajstić information content (AvgIpc) is 3.02. The molecule has 5 rings (SSSR count). The first-order chi connectivity index (χ1) is 21.7. The van der Waals surface area contributed by atoms with E-state index in [0.29, 0.717) is 28.9 Å². The molecule has 4 aromatic rings. The number of hydrogen-bond donors (Lipinski definition) is 1. The van der Waals surface area contributed by atoms with Gasteiger partial charge in [0, 0.05) is 42.8 Å². The number of fused-ring (bicyclic) bond motifs is 1. The molecule has 1 aliphatic rings. The first kappa shape index (κ1) is 33.5. The Morgan fingerprint density at radius 3 is 2.50 bits per heavy atom. The highest BCUT2D eigenvalue weighted by atomic mass is 35.5. The smallest absolute Gasteiger partial charge is 0.276 e. The van der Waals surface area contributed by atoms with Gasteiger partial charge in [-0.3, -0.25) is 19.1 Å². The quantitative estimate of drug-likeness (QED) is 0.131. The van der Waals surface area contributed by atoms with Crippen molar-refractivity contribution in [2.45, 2.75) is 39.7 Å². The van der Waals surface area contributed by atoms with Crippen LogP contribution in [0.5, 0.6) is 5.75 Å². The molecule has 1 fully saturated rings. The van der Waals surface area contributed by atoms with E-state index in [2.05, 4.69) is 17.6 Å². The van der Waals surface area contributed by atoms with Crippen molar-refractivity contribution >= 4 is 69.0 Å². The van der Waals surface area contributed by atoms with Crippen LogP contribution in [0.2, 0.25) is 20.1 Å². The highest BCUT2D eigenvalue weighted by molar-refractivity contribution is 6.44. The highest BCUT2D eigenvalue weighted by Gasteiger charge is 2.33. The van der Waals surface area contributed by atoms with E-state index in [-0.39, 0.29) is 64.1 Å². The summed E-state index contributed by atoms with van der Waals surface area (Å²) in [7, 11) is 0. The molecule has 46 heavy (non-hydrogen) atoms. The third-order valence-corrected chi connectivity index (χ3v) is 9.35. The Balaban J connectivity index is 1.94. The summed E-state index contributed by atoms with van der Waals surface area (Å²) in [5.41, 5.74) is 0.749. The molecule has 0 bridgehead atoms. The number of benzene rings is 1. The predicted octanol–water partition coefficient (Wildman–Crippen LogP) is 7.43. The van der Waals surface area contributed by atoms with Crippen LogP contribution in [0.3, 0.4) is 0 Å². The SMILES string of the molecule is C=CC(=O)N1CCN(c2c(C#N)c(=O)n(-c3c(C)ccnc3C(C)C)c3nc(-c4c(Cl)c(O)c(Cl)c(F)c4Cl)c(Cl)cc23)C[C@H]1C. The van der Waals surface area contributed by atoms with Crippen LogP contribution in [0, 0.1) is 24.1 Å². The Morgan fingerprint density at radius 2 is 1.89 bits per heavy atom. The lowest BCUT2D eigenvalue weighted by molar-refractivity contribution is -0.128. The maximum absolute atomic E-state index is 15.0. The van der Waals surface area contributed by atoms with Crippen LogP contribution < -0.4 is 10.5 Å². The van der Waals surface area contributed by atoms with Crippen LogP contribution >= 0.6 is 46.4 Å². The van der Waals surface area contributed by atoms with Crippen LogP contribution in [-0.4, -0.2) is 56.1 Å². The number of pyridine rings is 3. The van der Waals surface area contributed by atoms with Gasteiger partial charge >= 0.3 is 0 Å². The number of amides is 1. The number of carbonyl (C=O) groups excluding carboxylic acids is 1. The second-order valence-electron chi connectivity index (χ2n) is 11.2. The lowest BCUT2D eigenvalue weighted by Gasteiger charge is -2.41. The summed E-state index contributed by atoms with van der Waals surface area (Å²) in [5, 5.41) is 19.6. The number of phenols is 1. The predicted molar refractivity (Wildman–Crippen MR) is 179 cm³/mol. The van der Waals surface area contributed by atoms with Gasteiger partial charge in [0.25, 0.3) is 5.56 Å². The first-order valence-electron chi connectivity index (χ1n) is 14.1. The Morgan fingerprint density at radius 1 is 1.20 bits per heavy atom. The molecule has 4 heterocycles. The molecule has 0 radical (unpaired) electrons. The molecule has 0 unspecified atom stereocenters. The number of nitriles is 1. The van der Waals surface area contributed by atoms with Gasteiger partial charge in [0.2, 0.25) is 5.91 Å². The summed E-state index contributed by atoms with van der Waals surface area (Å²) in [6.45, 7) is 11.9. The molecule has 9 nitrogen and oxygen atoms in total. The number of anilines is 1. The summed E-state index contributed by atoms with van der Waals surface area (Å²) < 4.78 is 16.3. The Kier molecular flexibility index (Phi) is 9.26. The average molecular weight is 704 g/mol. The zero-order valence-electron chi connectivity index (χ0n) is 25.1. The molecule has 1 aliphatic heterocycles. The van der Waals surface area contributed by atoms with Gasteiger partial charge in [-0.25, -0.2) is 9.37 Å². The number of piperazine rings is 1. The van der Waals surface area contributed by atoms with Crippen LogP contribution in [0.15, 0.2) is 35.8 Å². The summed E-state index contributed by atoms with van der Waals surface area (Å²) in [5.74, 6) is -2.27. The second kappa shape index (κ2) is 12.7. The molecule has 0 spiro atoms. The lowest BCUT2D eigenvalue weighted by atomic mass is 10.0. The largest absolute Gasteiger partial charge is 0.505 e. The number of carbonyl (C=O) groups is 1. The normalized spacial score (nSPS) is 15.0. The highest BCUT2D eigenvalue weighted by Crippen LogP contribution is 2.48. The maximum atomic E-state index is 15.0. The van der Waals surface area contributed by atoms with Gasteiger partial charge in [-0.15, -0.1) is 0 Å². The van der Waals surface area contributed by atoms with Crippen molar-refractivity contribution in [1.29, 1.82) is 5.26 Å². The van der Waals surface area contributed by atoms with Crippen LogP contribution in [-0.2, 0) is 4.79 Å². The number of halogens is 5. The topological polar surface area (TPSA) is 115 Å². The Bertz CT molecular complexity index is 2030. The van der Waals surface area contributed by atoms with E-state index in [1.807, 2.05) is 25.7 Å². The molecular weight excluding hydrogens is 677 g/mol. The molecule has 1 N–H and O–H groups in total. The Hall–Kier alpha value is -3.88. The third-order valence-electron chi connectivity index (χ3n) is 7.99. The molecule has 0 saturated carbocycles. The van der Waals surface area contributed by atoms with Gasteiger partial charge < -0.3 is 14.9 Å². The van der Waals surface area contributed by atoms with Crippen molar-refractivity contribution < 1.29 is 14.3 Å². The minimum Gasteiger partial charge on any atom is -0.505 e. The van der Waals surface area contributed by atoms with Crippen LogP contribution in [0.25, 0.3) is 28.0 Å². The summed E-state index contributed by atoms with van der Waals surface area (Å²) in [4.78, 5) is 39.7.